The van der Waals surface area contributed by atoms with Gasteiger partial charge in [0.15, 0.2) is 0 Å². The zero-order chi connectivity index (χ0) is 14.3. The second kappa shape index (κ2) is 8.96. The molecule has 0 aromatic heterocycles. The van der Waals surface area contributed by atoms with Crippen molar-refractivity contribution in [2.24, 2.45) is 0 Å². The Hall–Kier alpha value is -0.0900. The molecular weight excluding hydrogens is 326 g/mol. The van der Waals surface area contributed by atoms with Gasteiger partial charge >= 0.3 is 0 Å². The topological polar surface area (TPSA) is 21.3 Å². The minimum absolute atomic E-state index is 0.253. The predicted molar refractivity (Wildman–Crippen MR) is 86.0 cm³/mol. The van der Waals surface area contributed by atoms with Crippen LogP contribution in [-0.4, -0.2) is 25.8 Å². The van der Waals surface area contributed by atoms with E-state index in [9.17, 15) is 0 Å². The van der Waals surface area contributed by atoms with E-state index in [0.717, 1.165) is 35.3 Å². The number of hydrogen-bond donors (Lipinski definition) is 1. The molecule has 1 aromatic carbocycles. The lowest BCUT2D eigenvalue weighted by Crippen LogP contribution is -2.35. The summed E-state index contributed by atoms with van der Waals surface area (Å²) in [6.07, 6.45) is 3.30. The van der Waals surface area contributed by atoms with E-state index < -0.39 is 0 Å². The monoisotopic (exact) mass is 347 g/mol. The van der Waals surface area contributed by atoms with Crippen LogP contribution in [0.15, 0.2) is 22.7 Å². The summed E-state index contributed by atoms with van der Waals surface area (Å²) in [5.41, 5.74) is 1.18. The molecule has 0 saturated heterocycles. The summed E-state index contributed by atoms with van der Waals surface area (Å²) in [6, 6.07) is 6.48. The van der Waals surface area contributed by atoms with Gasteiger partial charge in [-0.3, -0.25) is 0 Å². The zero-order valence-electron chi connectivity index (χ0n) is 11.9. The number of methoxy groups -OCH3 is 1. The third-order valence-electron chi connectivity index (χ3n) is 3.18. The lowest BCUT2D eigenvalue weighted by molar-refractivity contribution is 0.100. The summed E-state index contributed by atoms with van der Waals surface area (Å²) in [6.45, 7) is 5.30. The first kappa shape index (κ1) is 17.0. The van der Waals surface area contributed by atoms with E-state index in [-0.39, 0.29) is 6.10 Å². The van der Waals surface area contributed by atoms with Crippen LogP contribution in [0.3, 0.4) is 0 Å². The van der Waals surface area contributed by atoms with Crippen molar-refractivity contribution in [1.29, 1.82) is 0 Å². The van der Waals surface area contributed by atoms with Crippen molar-refractivity contribution in [2.75, 3.05) is 13.7 Å². The van der Waals surface area contributed by atoms with E-state index in [1.807, 2.05) is 12.1 Å². The molecule has 1 aromatic rings. The minimum Gasteiger partial charge on any atom is -0.382 e. The molecule has 0 saturated carbocycles. The SMILES string of the molecule is CCCNC(Cc1ccc(Br)cc1Cl)CC(C)OC. The maximum Gasteiger partial charge on any atom is 0.0558 e. The largest absolute Gasteiger partial charge is 0.382 e. The average Bonchev–Trinajstić information content (AvgIpc) is 2.38. The Balaban J connectivity index is 2.69. The van der Waals surface area contributed by atoms with Gasteiger partial charge in [0.25, 0.3) is 0 Å². The lowest BCUT2D eigenvalue weighted by Gasteiger charge is -2.22. The summed E-state index contributed by atoms with van der Waals surface area (Å²) in [5.74, 6) is 0. The van der Waals surface area contributed by atoms with Gasteiger partial charge in [-0.1, -0.05) is 40.5 Å². The normalized spacial score (nSPS) is 14.4. The van der Waals surface area contributed by atoms with Crippen LogP contribution in [0.4, 0.5) is 0 Å². The molecule has 0 amide bonds. The highest BCUT2D eigenvalue weighted by molar-refractivity contribution is 9.10. The Labute approximate surface area is 130 Å². The van der Waals surface area contributed by atoms with Crippen molar-refractivity contribution < 1.29 is 4.74 Å². The molecule has 0 spiro atoms. The van der Waals surface area contributed by atoms with Gasteiger partial charge < -0.3 is 10.1 Å². The van der Waals surface area contributed by atoms with Gasteiger partial charge in [-0.15, -0.1) is 0 Å². The summed E-state index contributed by atoms with van der Waals surface area (Å²) in [5, 5.41) is 4.40. The van der Waals surface area contributed by atoms with E-state index in [1.54, 1.807) is 7.11 Å². The molecule has 0 aliphatic heterocycles. The molecule has 0 fully saturated rings. The minimum atomic E-state index is 0.253. The molecule has 0 aliphatic carbocycles. The van der Waals surface area contributed by atoms with Gasteiger partial charge in [0.2, 0.25) is 0 Å². The third kappa shape index (κ3) is 6.26. The summed E-state index contributed by atoms with van der Waals surface area (Å²) in [7, 11) is 1.76. The third-order valence-corrected chi connectivity index (χ3v) is 4.03. The van der Waals surface area contributed by atoms with E-state index >= 15 is 0 Å². The Bertz CT molecular complexity index is 386. The quantitative estimate of drug-likeness (QED) is 0.750. The fourth-order valence-corrected chi connectivity index (χ4v) is 2.79. The predicted octanol–water partition coefficient (Wildman–Crippen LogP) is 4.44. The number of ether oxygens (including phenoxy) is 1. The highest BCUT2D eigenvalue weighted by Gasteiger charge is 2.14. The molecule has 0 radical (unpaired) electrons. The maximum absolute atomic E-state index is 6.29. The van der Waals surface area contributed by atoms with Crippen LogP contribution in [0.5, 0.6) is 0 Å². The van der Waals surface area contributed by atoms with Crippen molar-refractivity contribution in [1.82, 2.24) is 5.32 Å². The van der Waals surface area contributed by atoms with Crippen molar-refractivity contribution in [3.05, 3.63) is 33.3 Å². The van der Waals surface area contributed by atoms with E-state index in [0.29, 0.717) is 6.04 Å². The second-order valence-corrected chi connectivity index (χ2v) is 6.20. The Morgan fingerprint density at radius 3 is 2.74 bits per heavy atom. The molecule has 4 heteroatoms. The van der Waals surface area contributed by atoms with Gasteiger partial charge in [-0.2, -0.15) is 0 Å². The van der Waals surface area contributed by atoms with Gasteiger partial charge in [0.1, 0.15) is 0 Å². The number of halogens is 2. The van der Waals surface area contributed by atoms with Gasteiger partial charge in [-0.05, 0) is 50.4 Å². The molecule has 1 rings (SSSR count). The molecule has 0 aliphatic rings. The van der Waals surface area contributed by atoms with Gasteiger partial charge in [0, 0.05) is 22.6 Å². The number of nitrogens with one attached hydrogen (secondary N) is 1. The van der Waals surface area contributed by atoms with Crippen molar-refractivity contribution >= 4 is 27.5 Å². The highest BCUT2D eigenvalue weighted by Crippen LogP contribution is 2.23. The van der Waals surface area contributed by atoms with Crippen LogP contribution in [0, 0.1) is 0 Å². The zero-order valence-corrected chi connectivity index (χ0v) is 14.2. The van der Waals surface area contributed by atoms with Crippen LogP contribution in [0.25, 0.3) is 0 Å². The van der Waals surface area contributed by atoms with Gasteiger partial charge in [-0.25, -0.2) is 0 Å². The van der Waals surface area contributed by atoms with Crippen LogP contribution in [0.1, 0.15) is 32.3 Å². The number of hydrogen-bond acceptors (Lipinski definition) is 2. The lowest BCUT2D eigenvalue weighted by atomic mass is 10.0. The molecule has 2 unspecified atom stereocenters. The highest BCUT2D eigenvalue weighted by atomic mass is 79.9. The van der Waals surface area contributed by atoms with Crippen LogP contribution < -0.4 is 5.32 Å². The molecule has 1 N–H and O–H groups in total. The fraction of sp³-hybridized carbons (Fsp3) is 0.600. The van der Waals surface area contributed by atoms with Crippen molar-refractivity contribution in [3.8, 4) is 0 Å². The Morgan fingerprint density at radius 2 is 2.16 bits per heavy atom. The van der Waals surface area contributed by atoms with E-state index in [1.165, 1.54) is 5.56 Å². The smallest absolute Gasteiger partial charge is 0.0558 e. The van der Waals surface area contributed by atoms with Crippen molar-refractivity contribution in [3.63, 3.8) is 0 Å². The van der Waals surface area contributed by atoms with Crippen molar-refractivity contribution in [2.45, 2.75) is 45.3 Å². The molecular formula is C15H23BrClNO. The van der Waals surface area contributed by atoms with E-state index in [2.05, 4.69) is 41.2 Å². The molecule has 0 heterocycles. The molecule has 2 nitrogen and oxygen atoms in total. The molecule has 2 atom stereocenters. The first-order valence-corrected chi connectivity index (χ1v) is 7.94. The molecule has 19 heavy (non-hydrogen) atoms. The summed E-state index contributed by atoms with van der Waals surface area (Å²) < 4.78 is 6.39. The van der Waals surface area contributed by atoms with Crippen LogP contribution in [-0.2, 0) is 11.2 Å². The summed E-state index contributed by atoms with van der Waals surface area (Å²) >= 11 is 9.72. The molecule has 108 valence electrons. The average molecular weight is 349 g/mol. The second-order valence-electron chi connectivity index (χ2n) is 4.87. The number of rotatable bonds is 8. The summed E-state index contributed by atoms with van der Waals surface area (Å²) in [4.78, 5) is 0. The van der Waals surface area contributed by atoms with Crippen LogP contribution >= 0.6 is 27.5 Å². The standard InChI is InChI=1S/C15H23BrClNO/c1-4-7-18-14(8-11(2)19-3)9-12-5-6-13(16)10-15(12)17/h5-6,10-11,14,18H,4,7-9H2,1-3H3. The molecule has 0 bridgehead atoms. The number of benzene rings is 1. The first-order chi connectivity index (χ1) is 9.06. The van der Waals surface area contributed by atoms with Gasteiger partial charge in [0.05, 0.1) is 6.10 Å². The van der Waals surface area contributed by atoms with Crippen LogP contribution in [0.2, 0.25) is 5.02 Å². The Kier molecular flexibility index (Phi) is 8.00. The fourth-order valence-electron chi connectivity index (χ4n) is 2.04. The first-order valence-electron chi connectivity index (χ1n) is 6.76. The Morgan fingerprint density at radius 1 is 1.42 bits per heavy atom. The maximum atomic E-state index is 6.29. The van der Waals surface area contributed by atoms with E-state index in [4.69, 9.17) is 16.3 Å².